The first-order valence-corrected chi connectivity index (χ1v) is 8.39. The summed E-state index contributed by atoms with van der Waals surface area (Å²) in [5, 5.41) is 14.1. The van der Waals surface area contributed by atoms with Crippen LogP contribution in [0, 0.1) is 10.1 Å². The molecule has 1 aromatic carbocycles. The molecule has 1 fully saturated rings. The van der Waals surface area contributed by atoms with Crippen molar-refractivity contribution < 1.29 is 9.66 Å². The number of hydrogen-bond donors (Lipinski definition) is 1. The fraction of sp³-hybridized carbons (Fsp3) is 0.312. The van der Waals surface area contributed by atoms with Gasteiger partial charge in [0.1, 0.15) is 5.82 Å². The molecule has 0 aliphatic carbocycles. The number of nitrogens with one attached hydrogen (secondary N) is 1. The van der Waals surface area contributed by atoms with Crippen LogP contribution in [0.25, 0.3) is 0 Å². The first-order chi connectivity index (χ1) is 11.6. The molecule has 7 nitrogen and oxygen atoms in total. The Morgan fingerprint density at radius 1 is 1.33 bits per heavy atom. The lowest BCUT2D eigenvalue weighted by Crippen LogP contribution is -2.37. The van der Waals surface area contributed by atoms with Crippen molar-refractivity contribution in [2.24, 2.45) is 0 Å². The number of ether oxygens (including phenoxy) is 1. The van der Waals surface area contributed by atoms with Crippen LogP contribution in [0.2, 0.25) is 0 Å². The Bertz CT molecular complexity index is 735. The third kappa shape index (κ3) is 3.82. The van der Waals surface area contributed by atoms with E-state index in [9.17, 15) is 10.1 Å². The smallest absolute Gasteiger partial charge is 0.270 e. The standard InChI is InChI=1S/C16H17BrN4O3/c17-14-10-13(21(22)23)3-4-15(14)19-11-12-2-1-5-18-16(12)20-6-8-24-9-7-20/h1-5,10,19H,6-9,11H2. The van der Waals surface area contributed by atoms with Gasteiger partial charge in [-0.3, -0.25) is 10.1 Å². The minimum Gasteiger partial charge on any atom is -0.380 e. The molecule has 1 N–H and O–H groups in total. The fourth-order valence-electron chi connectivity index (χ4n) is 2.58. The number of nitrogens with zero attached hydrogens (tertiary/aromatic N) is 3. The Morgan fingerprint density at radius 2 is 2.12 bits per heavy atom. The maximum atomic E-state index is 10.8. The van der Waals surface area contributed by atoms with Crippen LogP contribution in [-0.2, 0) is 11.3 Å². The van der Waals surface area contributed by atoms with E-state index in [1.165, 1.54) is 12.1 Å². The Labute approximate surface area is 147 Å². The molecule has 1 aliphatic heterocycles. The first-order valence-electron chi connectivity index (χ1n) is 7.59. The second-order valence-corrected chi connectivity index (χ2v) is 6.21. The van der Waals surface area contributed by atoms with Gasteiger partial charge in [0.25, 0.3) is 5.69 Å². The number of nitro benzene ring substituents is 1. The highest BCUT2D eigenvalue weighted by atomic mass is 79.9. The molecule has 0 unspecified atom stereocenters. The van der Waals surface area contributed by atoms with Crippen LogP contribution in [0.1, 0.15) is 5.56 Å². The molecule has 0 amide bonds. The topological polar surface area (TPSA) is 80.5 Å². The number of benzene rings is 1. The molecule has 1 aliphatic rings. The summed E-state index contributed by atoms with van der Waals surface area (Å²) in [5.74, 6) is 0.950. The molecular weight excluding hydrogens is 376 g/mol. The van der Waals surface area contributed by atoms with Gasteiger partial charge in [-0.15, -0.1) is 0 Å². The average molecular weight is 393 g/mol. The summed E-state index contributed by atoms with van der Waals surface area (Å²) in [6.45, 7) is 3.64. The molecule has 126 valence electrons. The van der Waals surface area contributed by atoms with Crippen molar-refractivity contribution in [3.05, 3.63) is 56.7 Å². The number of hydrogen-bond acceptors (Lipinski definition) is 6. The van der Waals surface area contributed by atoms with Crippen molar-refractivity contribution in [3.8, 4) is 0 Å². The third-order valence-corrected chi connectivity index (χ3v) is 4.47. The van der Waals surface area contributed by atoms with Gasteiger partial charge in [-0.05, 0) is 28.1 Å². The Kier molecular flexibility index (Phi) is 5.27. The Balaban J connectivity index is 1.74. The van der Waals surface area contributed by atoms with Crippen molar-refractivity contribution >= 4 is 33.1 Å². The lowest BCUT2D eigenvalue weighted by molar-refractivity contribution is -0.384. The number of anilines is 2. The predicted octanol–water partition coefficient (Wildman–Crippen LogP) is 3.20. The molecule has 0 radical (unpaired) electrons. The molecular formula is C16H17BrN4O3. The number of rotatable bonds is 5. The second kappa shape index (κ2) is 7.59. The highest BCUT2D eigenvalue weighted by molar-refractivity contribution is 9.10. The first kappa shape index (κ1) is 16.7. The predicted molar refractivity (Wildman–Crippen MR) is 95.4 cm³/mol. The van der Waals surface area contributed by atoms with Crippen molar-refractivity contribution in [2.75, 3.05) is 36.5 Å². The Morgan fingerprint density at radius 3 is 2.83 bits per heavy atom. The van der Waals surface area contributed by atoms with Crippen LogP contribution in [0.15, 0.2) is 41.0 Å². The number of aromatic nitrogens is 1. The zero-order valence-electron chi connectivity index (χ0n) is 12.9. The van der Waals surface area contributed by atoms with Gasteiger partial charge >= 0.3 is 0 Å². The Hall–Kier alpha value is -2.19. The van der Waals surface area contributed by atoms with Crippen LogP contribution in [-0.4, -0.2) is 36.2 Å². The van der Waals surface area contributed by atoms with Crippen molar-refractivity contribution in [3.63, 3.8) is 0 Å². The van der Waals surface area contributed by atoms with Gasteiger partial charge in [-0.2, -0.15) is 0 Å². The minimum atomic E-state index is -0.411. The van der Waals surface area contributed by atoms with Gasteiger partial charge in [0, 0.05) is 53.7 Å². The van der Waals surface area contributed by atoms with Gasteiger partial charge in [0.2, 0.25) is 0 Å². The maximum Gasteiger partial charge on any atom is 0.270 e. The molecule has 8 heteroatoms. The van der Waals surface area contributed by atoms with E-state index >= 15 is 0 Å². The van der Waals surface area contributed by atoms with E-state index in [-0.39, 0.29) is 5.69 Å². The monoisotopic (exact) mass is 392 g/mol. The van der Waals surface area contributed by atoms with E-state index < -0.39 is 4.92 Å². The van der Waals surface area contributed by atoms with E-state index in [0.29, 0.717) is 24.2 Å². The van der Waals surface area contributed by atoms with Crippen LogP contribution in [0.5, 0.6) is 0 Å². The average Bonchev–Trinajstić information content (AvgIpc) is 2.61. The zero-order chi connectivity index (χ0) is 16.9. The summed E-state index contributed by atoms with van der Waals surface area (Å²) in [5.41, 5.74) is 1.94. The van der Waals surface area contributed by atoms with Gasteiger partial charge in [0.05, 0.1) is 18.1 Å². The largest absolute Gasteiger partial charge is 0.380 e. The van der Waals surface area contributed by atoms with Crippen LogP contribution >= 0.6 is 15.9 Å². The summed E-state index contributed by atoms with van der Waals surface area (Å²) < 4.78 is 6.05. The lowest BCUT2D eigenvalue weighted by Gasteiger charge is -2.29. The second-order valence-electron chi connectivity index (χ2n) is 5.36. The van der Waals surface area contributed by atoms with E-state index in [1.54, 1.807) is 12.3 Å². The molecule has 3 rings (SSSR count). The van der Waals surface area contributed by atoms with Gasteiger partial charge < -0.3 is 15.0 Å². The minimum absolute atomic E-state index is 0.0582. The van der Waals surface area contributed by atoms with Gasteiger partial charge in [-0.25, -0.2) is 4.98 Å². The van der Waals surface area contributed by atoms with Gasteiger partial charge in [-0.1, -0.05) is 6.07 Å². The quantitative estimate of drug-likeness (QED) is 0.621. The molecule has 1 aromatic heterocycles. The van der Waals surface area contributed by atoms with Crippen molar-refractivity contribution in [2.45, 2.75) is 6.54 Å². The zero-order valence-corrected chi connectivity index (χ0v) is 14.5. The van der Waals surface area contributed by atoms with E-state index in [1.807, 2.05) is 12.1 Å². The number of nitro groups is 1. The molecule has 0 atom stereocenters. The van der Waals surface area contributed by atoms with Crippen molar-refractivity contribution in [1.82, 2.24) is 4.98 Å². The summed E-state index contributed by atoms with van der Waals surface area (Å²) >= 11 is 3.37. The van der Waals surface area contributed by atoms with E-state index in [0.717, 1.165) is 30.2 Å². The fourth-order valence-corrected chi connectivity index (χ4v) is 3.09. The summed E-state index contributed by atoms with van der Waals surface area (Å²) in [6, 6.07) is 8.62. The summed E-state index contributed by atoms with van der Waals surface area (Å²) in [6.07, 6.45) is 1.79. The summed E-state index contributed by atoms with van der Waals surface area (Å²) in [7, 11) is 0. The van der Waals surface area contributed by atoms with E-state index in [4.69, 9.17) is 4.74 Å². The maximum absolute atomic E-state index is 10.8. The van der Waals surface area contributed by atoms with Crippen LogP contribution in [0.4, 0.5) is 17.2 Å². The van der Waals surface area contributed by atoms with Crippen LogP contribution in [0.3, 0.4) is 0 Å². The molecule has 0 saturated carbocycles. The molecule has 24 heavy (non-hydrogen) atoms. The highest BCUT2D eigenvalue weighted by Gasteiger charge is 2.16. The number of non-ortho nitro benzene ring substituents is 1. The number of morpholine rings is 1. The van der Waals surface area contributed by atoms with E-state index in [2.05, 4.69) is 31.1 Å². The molecule has 0 bridgehead atoms. The SMILES string of the molecule is O=[N+]([O-])c1ccc(NCc2cccnc2N2CCOCC2)c(Br)c1. The van der Waals surface area contributed by atoms with Crippen molar-refractivity contribution in [1.29, 1.82) is 0 Å². The van der Waals surface area contributed by atoms with Gasteiger partial charge in [0.15, 0.2) is 0 Å². The number of pyridine rings is 1. The van der Waals surface area contributed by atoms with Crippen LogP contribution < -0.4 is 10.2 Å². The molecule has 0 spiro atoms. The number of halogens is 1. The lowest BCUT2D eigenvalue weighted by atomic mass is 10.2. The molecule has 1 saturated heterocycles. The summed E-state index contributed by atoms with van der Waals surface area (Å²) in [4.78, 5) is 17.1. The molecule has 2 aromatic rings. The normalized spacial score (nSPS) is 14.5. The third-order valence-electron chi connectivity index (χ3n) is 3.81. The highest BCUT2D eigenvalue weighted by Crippen LogP contribution is 2.28. The molecule has 2 heterocycles.